The molecule has 28 heavy (non-hydrogen) atoms. The second kappa shape index (κ2) is 8.58. The molecule has 0 aromatic rings. The van der Waals surface area contributed by atoms with E-state index in [0.717, 1.165) is 19.1 Å². The van der Waals surface area contributed by atoms with Crippen LogP contribution in [0.25, 0.3) is 0 Å². The lowest BCUT2D eigenvalue weighted by molar-refractivity contribution is -0.125. The van der Waals surface area contributed by atoms with Crippen LogP contribution in [0.1, 0.15) is 54.4 Å². The molecule has 0 aliphatic carbocycles. The minimum Gasteiger partial charge on any atom is -0.350 e. The molecule has 162 valence electrons. The molecule has 1 amide bonds. The first-order valence-corrected chi connectivity index (χ1v) is 11.3. The maximum atomic E-state index is 12.1. The maximum Gasteiger partial charge on any atom is 0.234 e. The number of nitrogens with zero attached hydrogens (tertiary/aromatic N) is 4. The van der Waals surface area contributed by atoms with Crippen LogP contribution < -0.4 is 5.32 Å². The fraction of sp³-hybridized carbons (Fsp3) is 0.955. The number of nitrogens with one attached hydrogen (secondary N) is 1. The fourth-order valence-electron chi connectivity index (χ4n) is 4.94. The molecule has 6 heteroatoms. The predicted molar refractivity (Wildman–Crippen MR) is 116 cm³/mol. The van der Waals surface area contributed by atoms with Gasteiger partial charge in [0.2, 0.25) is 5.91 Å². The fourth-order valence-corrected chi connectivity index (χ4v) is 4.94. The Morgan fingerprint density at radius 3 is 1.86 bits per heavy atom. The Bertz CT molecular complexity index is 516. The summed E-state index contributed by atoms with van der Waals surface area (Å²) in [5, 5.41) is 3.06. The summed E-state index contributed by atoms with van der Waals surface area (Å²) in [6.45, 7) is 23.0. The van der Waals surface area contributed by atoms with Gasteiger partial charge in [-0.1, -0.05) is 0 Å². The normalized spacial score (nSPS) is 25.6. The highest BCUT2D eigenvalue weighted by atomic mass is 16.2. The third kappa shape index (κ3) is 5.91. The molecule has 0 aromatic carbocycles. The van der Waals surface area contributed by atoms with Crippen molar-refractivity contribution in [2.24, 2.45) is 0 Å². The lowest BCUT2D eigenvalue weighted by Gasteiger charge is -2.50. The number of piperidine rings is 1. The number of likely N-dealkylation sites (tertiary alicyclic amines) is 2. The summed E-state index contributed by atoms with van der Waals surface area (Å²) in [6, 6.07) is 1.42. The van der Waals surface area contributed by atoms with Crippen LogP contribution in [0.15, 0.2) is 0 Å². The summed E-state index contributed by atoms with van der Waals surface area (Å²) in [6.07, 6.45) is 2.60. The van der Waals surface area contributed by atoms with Crippen molar-refractivity contribution >= 4 is 5.91 Å². The molecule has 1 N–H and O–H groups in total. The van der Waals surface area contributed by atoms with E-state index in [9.17, 15) is 4.79 Å². The Labute approximate surface area is 172 Å². The van der Waals surface area contributed by atoms with Crippen LogP contribution in [-0.2, 0) is 4.79 Å². The second-order valence-electron chi connectivity index (χ2n) is 11.1. The van der Waals surface area contributed by atoms with E-state index in [4.69, 9.17) is 0 Å². The minimum atomic E-state index is -0.137. The van der Waals surface area contributed by atoms with Crippen molar-refractivity contribution < 1.29 is 4.79 Å². The molecule has 3 aliphatic rings. The van der Waals surface area contributed by atoms with Crippen molar-refractivity contribution in [1.82, 2.24) is 24.9 Å². The molecule has 0 unspecified atom stereocenters. The summed E-state index contributed by atoms with van der Waals surface area (Å²) in [5.41, 5.74) is 0.164. The molecular weight excluding hydrogens is 350 g/mol. The van der Waals surface area contributed by atoms with Crippen molar-refractivity contribution in [3.8, 4) is 0 Å². The number of hydrogen-bond donors (Lipinski definition) is 1. The van der Waals surface area contributed by atoms with Crippen LogP contribution in [-0.4, -0.2) is 108 Å². The number of amides is 1. The predicted octanol–water partition coefficient (Wildman–Crippen LogP) is 1.47. The topological polar surface area (TPSA) is 42.1 Å². The molecule has 0 aromatic heterocycles. The average molecular weight is 394 g/mol. The van der Waals surface area contributed by atoms with Gasteiger partial charge in [-0.25, -0.2) is 0 Å². The number of hydrogen-bond acceptors (Lipinski definition) is 5. The van der Waals surface area contributed by atoms with Gasteiger partial charge in [0.15, 0.2) is 0 Å². The van der Waals surface area contributed by atoms with Crippen molar-refractivity contribution in [2.45, 2.75) is 77.5 Å². The highest BCUT2D eigenvalue weighted by Crippen LogP contribution is 2.24. The zero-order valence-electron chi connectivity index (χ0n) is 19.1. The number of rotatable bonds is 4. The van der Waals surface area contributed by atoms with E-state index in [1.54, 1.807) is 0 Å². The van der Waals surface area contributed by atoms with Crippen molar-refractivity contribution in [3.63, 3.8) is 0 Å². The summed E-state index contributed by atoms with van der Waals surface area (Å²) in [7, 11) is 0. The molecule has 0 spiro atoms. The van der Waals surface area contributed by atoms with Crippen LogP contribution in [0.4, 0.5) is 0 Å². The summed E-state index contributed by atoms with van der Waals surface area (Å²) >= 11 is 0. The third-order valence-electron chi connectivity index (χ3n) is 6.61. The van der Waals surface area contributed by atoms with Gasteiger partial charge in [0.1, 0.15) is 0 Å². The zero-order valence-corrected chi connectivity index (χ0v) is 19.1. The summed E-state index contributed by atoms with van der Waals surface area (Å²) in [4.78, 5) is 22.4. The SMILES string of the molecule is CC(C)(C)NC(=O)CN1CC(N2CCC(N3CCN(C(C)(C)C)CC3)CC2)C1. The molecule has 0 atom stereocenters. The van der Waals surface area contributed by atoms with E-state index in [2.05, 4.69) is 45.7 Å². The highest BCUT2D eigenvalue weighted by molar-refractivity contribution is 5.78. The molecule has 0 radical (unpaired) electrons. The summed E-state index contributed by atoms with van der Waals surface area (Å²) in [5.74, 6) is 0.152. The van der Waals surface area contributed by atoms with Gasteiger partial charge in [-0.05, 0) is 54.4 Å². The molecule has 0 bridgehead atoms. The van der Waals surface area contributed by atoms with Gasteiger partial charge >= 0.3 is 0 Å². The third-order valence-corrected chi connectivity index (χ3v) is 6.61. The van der Waals surface area contributed by atoms with Gasteiger partial charge in [-0.15, -0.1) is 0 Å². The molecule has 3 heterocycles. The zero-order chi connectivity index (χ0) is 20.5. The van der Waals surface area contributed by atoms with Crippen LogP contribution in [0, 0.1) is 0 Å². The monoisotopic (exact) mass is 393 g/mol. The number of piperazine rings is 1. The van der Waals surface area contributed by atoms with Crippen molar-refractivity contribution in [2.75, 3.05) is 58.9 Å². The Kier molecular flexibility index (Phi) is 6.75. The van der Waals surface area contributed by atoms with Gasteiger partial charge in [-0.2, -0.15) is 0 Å². The second-order valence-corrected chi connectivity index (χ2v) is 11.1. The van der Waals surface area contributed by atoms with E-state index >= 15 is 0 Å². The van der Waals surface area contributed by atoms with Gasteiger partial charge in [-0.3, -0.25) is 24.4 Å². The van der Waals surface area contributed by atoms with Crippen LogP contribution in [0.3, 0.4) is 0 Å². The van der Waals surface area contributed by atoms with Crippen molar-refractivity contribution in [3.05, 3.63) is 0 Å². The van der Waals surface area contributed by atoms with Crippen LogP contribution >= 0.6 is 0 Å². The summed E-state index contributed by atoms with van der Waals surface area (Å²) < 4.78 is 0. The number of carbonyl (C=O) groups is 1. The average Bonchev–Trinajstić information content (AvgIpc) is 2.56. The highest BCUT2D eigenvalue weighted by Gasteiger charge is 2.36. The molecule has 3 saturated heterocycles. The smallest absolute Gasteiger partial charge is 0.234 e. The molecular formula is C22H43N5O. The Morgan fingerprint density at radius 2 is 1.36 bits per heavy atom. The van der Waals surface area contributed by atoms with E-state index in [-0.39, 0.29) is 11.4 Å². The molecule has 0 saturated carbocycles. The van der Waals surface area contributed by atoms with Gasteiger partial charge in [0.05, 0.1) is 6.54 Å². The Balaban J connectivity index is 1.33. The van der Waals surface area contributed by atoms with E-state index in [1.807, 2.05) is 20.8 Å². The molecule has 3 fully saturated rings. The van der Waals surface area contributed by atoms with Gasteiger partial charge in [0, 0.05) is 75.5 Å². The standard InChI is InChI=1S/C22H43N5O/c1-21(2,3)23-20(28)17-24-15-19(16-24)25-9-7-18(8-10-25)26-11-13-27(14-12-26)22(4,5)6/h18-19H,7-17H2,1-6H3,(H,23,28). The Hall–Kier alpha value is -0.690. The first kappa shape index (κ1) is 22.0. The van der Waals surface area contributed by atoms with Gasteiger partial charge in [0.25, 0.3) is 0 Å². The van der Waals surface area contributed by atoms with Gasteiger partial charge < -0.3 is 5.32 Å². The largest absolute Gasteiger partial charge is 0.350 e. The molecule has 3 aliphatic heterocycles. The quantitative estimate of drug-likeness (QED) is 0.783. The Morgan fingerprint density at radius 1 is 0.821 bits per heavy atom. The maximum absolute atomic E-state index is 12.1. The van der Waals surface area contributed by atoms with Crippen LogP contribution in [0.2, 0.25) is 0 Å². The first-order valence-electron chi connectivity index (χ1n) is 11.3. The van der Waals surface area contributed by atoms with E-state index in [0.29, 0.717) is 18.1 Å². The van der Waals surface area contributed by atoms with E-state index < -0.39 is 0 Å². The molecule has 6 nitrogen and oxygen atoms in total. The number of carbonyl (C=O) groups excluding carboxylic acids is 1. The van der Waals surface area contributed by atoms with Crippen LogP contribution in [0.5, 0.6) is 0 Å². The van der Waals surface area contributed by atoms with E-state index in [1.165, 1.54) is 52.1 Å². The van der Waals surface area contributed by atoms with Crippen molar-refractivity contribution in [1.29, 1.82) is 0 Å². The molecule has 3 rings (SSSR count). The lowest BCUT2D eigenvalue weighted by Crippen LogP contribution is -2.64. The lowest BCUT2D eigenvalue weighted by atomic mass is 9.97. The first-order chi connectivity index (χ1) is 13.0. The minimum absolute atomic E-state index is 0.137.